The Bertz CT molecular complexity index is 881. The van der Waals surface area contributed by atoms with Crippen LogP contribution in [-0.2, 0) is 22.5 Å². The van der Waals surface area contributed by atoms with Crippen LogP contribution in [0.1, 0.15) is 63.2 Å². The highest BCUT2D eigenvalue weighted by molar-refractivity contribution is 5.74. The highest BCUT2D eigenvalue weighted by atomic mass is 19.3. The fourth-order valence-electron chi connectivity index (χ4n) is 3.06. The van der Waals surface area contributed by atoms with Gasteiger partial charge in [-0.05, 0) is 45.2 Å². The van der Waals surface area contributed by atoms with E-state index in [0.29, 0.717) is 24.2 Å². The Hall–Kier alpha value is -2.58. The fourth-order valence-corrected chi connectivity index (χ4v) is 3.06. The van der Waals surface area contributed by atoms with Gasteiger partial charge in [0.15, 0.2) is 0 Å². The number of hydrogen-bond acceptors (Lipinski definition) is 5. The van der Waals surface area contributed by atoms with E-state index in [1.54, 1.807) is 20.8 Å². The maximum absolute atomic E-state index is 12.8. The van der Waals surface area contributed by atoms with Crippen LogP contribution in [0.15, 0.2) is 23.1 Å². The number of pyridine rings is 1. The van der Waals surface area contributed by atoms with Crippen molar-refractivity contribution in [3.8, 4) is 0 Å². The van der Waals surface area contributed by atoms with Crippen LogP contribution in [0.3, 0.4) is 0 Å². The van der Waals surface area contributed by atoms with E-state index in [4.69, 9.17) is 4.74 Å². The van der Waals surface area contributed by atoms with Crippen molar-refractivity contribution < 1.29 is 18.3 Å². The number of fused-ring (bicyclic) bond motifs is 1. The van der Waals surface area contributed by atoms with Crippen molar-refractivity contribution in [2.45, 2.75) is 64.6 Å². The van der Waals surface area contributed by atoms with E-state index in [1.165, 1.54) is 27.6 Å². The second-order valence-electron chi connectivity index (χ2n) is 7.56. The second kappa shape index (κ2) is 7.21. The van der Waals surface area contributed by atoms with Gasteiger partial charge in [-0.2, -0.15) is 5.10 Å². The number of esters is 1. The molecule has 0 spiro atoms. The van der Waals surface area contributed by atoms with Crippen molar-refractivity contribution in [3.63, 3.8) is 0 Å². The minimum Gasteiger partial charge on any atom is -0.458 e. The number of aromatic nitrogens is 4. The average Bonchev–Trinajstić information content (AvgIpc) is 2.90. The van der Waals surface area contributed by atoms with Crippen LogP contribution in [0.4, 0.5) is 8.78 Å². The summed E-state index contributed by atoms with van der Waals surface area (Å²) < 4.78 is 33.3. The second-order valence-corrected chi connectivity index (χ2v) is 7.56. The molecule has 146 valence electrons. The van der Waals surface area contributed by atoms with Crippen LogP contribution >= 0.6 is 0 Å². The summed E-state index contributed by atoms with van der Waals surface area (Å²) in [5, 5.41) is 4.32. The van der Waals surface area contributed by atoms with E-state index in [2.05, 4.69) is 10.1 Å². The van der Waals surface area contributed by atoms with Crippen LogP contribution in [-0.4, -0.2) is 30.9 Å². The summed E-state index contributed by atoms with van der Waals surface area (Å²) in [6.45, 7) is 5.42. The van der Waals surface area contributed by atoms with Crippen molar-refractivity contribution in [2.24, 2.45) is 0 Å². The third-order valence-corrected chi connectivity index (χ3v) is 4.21. The summed E-state index contributed by atoms with van der Waals surface area (Å²) in [5.41, 5.74) is -0.809. The molecule has 7 nitrogen and oxygen atoms in total. The maximum Gasteiger partial charge on any atom is 0.347 e. The monoisotopic (exact) mass is 380 g/mol. The molecular formula is C18H22F2N4O3. The molecule has 3 heterocycles. The van der Waals surface area contributed by atoms with Crippen molar-refractivity contribution in [1.29, 1.82) is 0 Å². The number of alkyl halides is 2. The molecule has 0 bridgehead atoms. The minimum atomic E-state index is -2.64. The molecule has 2 aromatic heterocycles. The van der Waals surface area contributed by atoms with Gasteiger partial charge in [0, 0.05) is 12.6 Å². The van der Waals surface area contributed by atoms with Crippen molar-refractivity contribution in [3.05, 3.63) is 45.9 Å². The van der Waals surface area contributed by atoms with E-state index >= 15 is 0 Å². The van der Waals surface area contributed by atoms with Gasteiger partial charge in [0.25, 0.3) is 6.43 Å². The normalized spacial score (nSPS) is 17.0. The molecule has 2 aromatic rings. The first-order valence-electron chi connectivity index (χ1n) is 8.80. The zero-order valence-corrected chi connectivity index (χ0v) is 15.5. The van der Waals surface area contributed by atoms with Gasteiger partial charge in [0.05, 0.1) is 6.54 Å². The quantitative estimate of drug-likeness (QED) is 0.762. The first-order chi connectivity index (χ1) is 12.7. The SMILES string of the molecule is CC(C)(C)OC(=O)[C@@H]1CCCc2nn(Cc3ccc(C(F)F)nc3)c(=O)n21. The summed E-state index contributed by atoms with van der Waals surface area (Å²) >= 11 is 0. The lowest BCUT2D eigenvalue weighted by Crippen LogP contribution is -2.38. The number of nitrogens with zero attached hydrogens (tertiary/aromatic N) is 4. The molecule has 1 aliphatic rings. The molecule has 27 heavy (non-hydrogen) atoms. The molecule has 0 saturated heterocycles. The molecule has 0 aliphatic carbocycles. The van der Waals surface area contributed by atoms with Gasteiger partial charge >= 0.3 is 11.7 Å². The largest absolute Gasteiger partial charge is 0.458 e. The van der Waals surface area contributed by atoms with Gasteiger partial charge in [-0.15, -0.1) is 0 Å². The zero-order chi connectivity index (χ0) is 19.8. The lowest BCUT2D eigenvalue weighted by Gasteiger charge is -2.26. The Morgan fingerprint density at radius 3 is 2.70 bits per heavy atom. The predicted octanol–water partition coefficient (Wildman–Crippen LogP) is 2.64. The zero-order valence-electron chi connectivity index (χ0n) is 15.5. The Labute approximate surface area is 155 Å². The van der Waals surface area contributed by atoms with Crippen LogP contribution in [0.5, 0.6) is 0 Å². The fraction of sp³-hybridized carbons (Fsp3) is 0.556. The summed E-state index contributed by atoms with van der Waals surface area (Å²) in [6.07, 6.45) is 0.488. The lowest BCUT2D eigenvalue weighted by molar-refractivity contribution is -0.159. The molecular weight excluding hydrogens is 358 g/mol. The molecule has 0 amide bonds. The average molecular weight is 380 g/mol. The van der Waals surface area contributed by atoms with Gasteiger partial charge in [-0.1, -0.05) is 6.07 Å². The first-order valence-corrected chi connectivity index (χ1v) is 8.80. The van der Waals surface area contributed by atoms with Crippen LogP contribution in [0.2, 0.25) is 0 Å². The third kappa shape index (κ3) is 4.23. The number of hydrogen-bond donors (Lipinski definition) is 0. The van der Waals surface area contributed by atoms with Crippen molar-refractivity contribution in [2.75, 3.05) is 0 Å². The molecule has 1 atom stereocenters. The van der Waals surface area contributed by atoms with Gasteiger partial charge in [0.1, 0.15) is 23.2 Å². The molecule has 0 unspecified atom stereocenters. The van der Waals surface area contributed by atoms with Crippen LogP contribution < -0.4 is 5.69 Å². The molecule has 0 radical (unpaired) electrons. The van der Waals surface area contributed by atoms with E-state index in [-0.39, 0.29) is 12.2 Å². The molecule has 0 fully saturated rings. The Balaban J connectivity index is 1.86. The summed E-state index contributed by atoms with van der Waals surface area (Å²) in [6, 6.07) is 2.02. The highest BCUT2D eigenvalue weighted by Gasteiger charge is 2.33. The van der Waals surface area contributed by atoms with Crippen LogP contribution in [0, 0.1) is 0 Å². The van der Waals surface area contributed by atoms with Gasteiger partial charge in [-0.3, -0.25) is 9.55 Å². The summed E-state index contributed by atoms with van der Waals surface area (Å²) in [4.78, 5) is 29.0. The number of ether oxygens (including phenoxy) is 1. The van der Waals surface area contributed by atoms with E-state index in [1.807, 2.05) is 0 Å². The topological polar surface area (TPSA) is 79.0 Å². The minimum absolute atomic E-state index is 0.0936. The number of halogens is 2. The van der Waals surface area contributed by atoms with Gasteiger partial charge < -0.3 is 4.74 Å². The lowest BCUT2D eigenvalue weighted by atomic mass is 10.0. The summed E-state index contributed by atoms with van der Waals surface area (Å²) in [7, 11) is 0. The van der Waals surface area contributed by atoms with E-state index < -0.39 is 29.7 Å². The third-order valence-electron chi connectivity index (χ3n) is 4.21. The van der Waals surface area contributed by atoms with E-state index in [0.717, 1.165) is 6.42 Å². The Morgan fingerprint density at radius 2 is 2.11 bits per heavy atom. The molecule has 1 aliphatic heterocycles. The standard InChI is InChI=1S/C18H22F2N4O3/c1-18(2,3)27-16(25)13-5-4-6-14-22-23(17(26)24(13)14)10-11-7-8-12(15(19)20)21-9-11/h7-9,13,15H,4-6,10H2,1-3H3/t13-/m0/s1. The van der Waals surface area contributed by atoms with Crippen LogP contribution in [0.25, 0.3) is 0 Å². The number of carbonyl (C=O) groups is 1. The number of aryl methyl sites for hydroxylation is 1. The molecule has 0 aromatic carbocycles. The van der Waals surface area contributed by atoms with E-state index in [9.17, 15) is 18.4 Å². The molecule has 9 heteroatoms. The number of rotatable bonds is 4. The summed E-state index contributed by atoms with van der Waals surface area (Å²) in [5.74, 6) is 0.0762. The van der Waals surface area contributed by atoms with Gasteiger partial charge in [-0.25, -0.2) is 23.1 Å². The maximum atomic E-state index is 12.8. The Kier molecular flexibility index (Phi) is 5.12. The molecule has 0 N–H and O–H groups in total. The van der Waals surface area contributed by atoms with Gasteiger partial charge in [0.2, 0.25) is 0 Å². The Morgan fingerprint density at radius 1 is 1.37 bits per heavy atom. The predicted molar refractivity (Wildman–Crippen MR) is 92.6 cm³/mol. The highest BCUT2D eigenvalue weighted by Crippen LogP contribution is 2.25. The number of carbonyl (C=O) groups excluding carboxylic acids is 1. The smallest absolute Gasteiger partial charge is 0.347 e. The molecule has 0 saturated carbocycles. The molecule has 3 rings (SSSR count). The van der Waals surface area contributed by atoms with Crippen molar-refractivity contribution >= 4 is 5.97 Å². The first kappa shape index (κ1) is 19.2. The van der Waals surface area contributed by atoms with Crippen molar-refractivity contribution in [1.82, 2.24) is 19.3 Å².